The summed E-state index contributed by atoms with van der Waals surface area (Å²) in [5.74, 6) is 1.19. The number of amides is 1. The molecule has 0 saturated heterocycles. The van der Waals surface area contributed by atoms with E-state index in [1.54, 1.807) is 6.07 Å². The first-order chi connectivity index (χ1) is 9.19. The summed E-state index contributed by atoms with van der Waals surface area (Å²) in [7, 11) is 0. The molecule has 1 aromatic carbocycles. The molecule has 1 aromatic rings. The van der Waals surface area contributed by atoms with Crippen LogP contribution < -0.4 is 21.1 Å². The SMILES string of the molecule is CCOc1cc(N)cc(NCCNC(=O)C2CC2)c1. The highest BCUT2D eigenvalue weighted by molar-refractivity contribution is 5.80. The summed E-state index contributed by atoms with van der Waals surface area (Å²) in [5.41, 5.74) is 7.37. The van der Waals surface area contributed by atoms with E-state index in [2.05, 4.69) is 10.6 Å². The minimum absolute atomic E-state index is 0.171. The predicted molar refractivity (Wildman–Crippen MR) is 76.2 cm³/mol. The molecule has 0 unspecified atom stereocenters. The molecule has 4 N–H and O–H groups in total. The predicted octanol–water partition coefficient (Wildman–Crippen LogP) is 1.61. The summed E-state index contributed by atoms with van der Waals surface area (Å²) in [5, 5.41) is 6.13. The minimum atomic E-state index is 0.171. The molecular formula is C14H21N3O2. The van der Waals surface area contributed by atoms with Crippen LogP contribution in [0.4, 0.5) is 11.4 Å². The van der Waals surface area contributed by atoms with Crippen molar-refractivity contribution in [3.05, 3.63) is 18.2 Å². The Morgan fingerprint density at radius 3 is 2.84 bits per heavy atom. The number of anilines is 2. The van der Waals surface area contributed by atoms with Crippen LogP contribution in [0.1, 0.15) is 19.8 Å². The average Bonchev–Trinajstić information content (AvgIpc) is 3.18. The third kappa shape index (κ3) is 4.35. The molecule has 1 fully saturated rings. The molecule has 0 radical (unpaired) electrons. The first-order valence-electron chi connectivity index (χ1n) is 6.74. The molecule has 2 rings (SSSR count). The fourth-order valence-electron chi connectivity index (χ4n) is 1.86. The van der Waals surface area contributed by atoms with E-state index in [9.17, 15) is 4.79 Å². The Kier molecular flexibility index (Phi) is 4.49. The number of carbonyl (C=O) groups excluding carboxylic acids is 1. The Balaban J connectivity index is 1.76. The fourth-order valence-corrected chi connectivity index (χ4v) is 1.86. The molecule has 1 aliphatic rings. The summed E-state index contributed by atoms with van der Waals surface area (Å²) >= 11 is 0. The number of hydrogen-bond acceptors (Lipinski definition) is 4. The monoisotopic (exact) mass is 263 g/mol. The van der Waals surface area contributed by atoms with Gasteiger partial charge in [-0.3, -0.25) is 4.79 Å². The van der Waals surface area contributed by atoms with Crippen molar-refractivity contribution in [3.63, 3.8) is 0 Å². The second-order valence-corrected chi connectivity index (χ2v) is 4.72. The van der Waals surface area contributed by atoms with E-state index in [0.29, 0.717) is 25.4 Å². The number of ether oxygens (including phenoxy) is 1. The van der Waals surface area contributed by atoms with Gasteiger partial charge in [-0.1, -0.05) is 0 Å². The molecule has 0 spiro atoms. The lowest BCUT2D eigenvalue weighted by atomic mass is 10.2. The lowest BCUT2D eigenvalue weighted by Gasteiger charge is -2.11. The van der Waals surface area contributed by atoms with Crippen molar-refractivity contribution in [2.75, 3.05) is 30.7 Å². The van der Waals surface area contributed by atoms with E-state index in [-0.39, 0.29) is 11.8 Å². The highest BCUT2D eigenvalue weighted by Crippen LogP contribution is 2.28. The third-order valence-corrected chi connectivity index (χ3v) is 2.94. The highest BCUT2D eigenvalue weighted by Gasteiger charge is 2.28. The van der Waals surface area contributed by atoms with Gasteiger partial charge in [-0.05, 0) is 25.8 Å². The van der Waals surface area contributed by atoms with E-state index in [0.717, 1.165) is 24.3 Å². The van der Waals surface area contributed by atoms with Gasteiger partial charge in [-0.15, -0.1) is 0 Å². The summed E-state index contributed by atoms with van der Waals surface area (Å²) in [6.45, 7) is 3.84. The summed E-state index contributed by atoms with van der Waals surface area (Å²) in [4.78, 5) is 11.4. The van der Waals surface area contributed by atoms with Crippen molar-refractivity contribution in [3.8, 4) is 5.75 Å². The molecule has 104 valence electrons. The zero-order valence-electron chi connectivity index (χ0n) is 11.2. The lowest BCUT2D eigenvalue weighted by molar-refractivity contribution is -0.122. The van der Waals surface area contributed by atoms with E-state index in [4.69, 9.17) is 10.5 Å². The minimum Gasteiger partial charge on any atom is -0.494 e. The normalized spacial score (nSPS) is 13.9. The second-order valence-electron chi connectivity index (χ2n) is 4.72. The van der Waals surface area contributed by atoms with Gasteiger partial charge < -0.3 is 21.1 Å². The second kappa shape index (κ2) is 6.31. The van der Waals surface area contributed by atoms with Gasteiger partial charge >= 0.3 is 0 Å². The molecule has 5 nitrogen and oxygen atoms in total. The van der Waals surface area contributed by atoms with E-state index in [1.165, 1.54) is 0 Å². The fraction of sp³-hybridized carbons (Fsp3) is 0.500. The summed E-state index contributed by atoms with van der Waals surface area (Å²) < 4.78 is 5.42. The zero-order valence-corrected chi connectivity index (χ0v) is 11.2. The molecule has 0 bridgehead atoms. The topological polar surface area (TPSA) is 76.4 Å². The van der Waals surface area contributed by atoms with Gasteiger partial charge in [0.1, 0.15) is 5.75 Å². The Hall–Kier alpha value is -1.91. The van der Waals surface area contributed by atoms with Crippen LogP contribution in [0.25, 0.3) is 0 Å². The Labute approximate surface area is 113 Å². The lowest BCUT2D eigenvalue weighted by Crippen LogP contribution is -2.29. The molecule has 0 aromatic heterocycles. The van der Waals surface area contributed by atoms with Gasteiger partial charge in [0.2, 0.25) is 5.91 Å². The maximum atomic E-state index is 11.4. The summed E-state index contributed by atoms with van der Waals surface area (Å²) in [6, 6.07) is 5.55. The van der Waals surface area contributed by atoms with Crippen LogP contribution >= 0.6 is 0 Å². The van der Waals surface area contributed by atoms with Crippen LogP contribution in [0.5, 0.6) is 5.75 Å². The molecule has 1 saturated carbocycles. The number of nitrogens with one attached hydrogen (secondary N) is 2. The van der Waals surface area contributed by atoms with Crippen molar-refractivity contribution in [2.45, 2.75) is 19.8 Å². The van der Waals surface area contributed by atoms with Crippen LogP contribution in [-0.2, 0) is 4.79 Å². The van der Waals surface area contributed by atoms with Crippen LogP contribution in [-0.4, -0.2) is 25.6 Å². The molecule has 0 aliphatic heterocycles. The number of nitrogen functional groups attached to an aromatic ring is 1. The highest BCUT2D eigenvalue weighted by atomic mass is 16.5. The van der Waals surface area contributed by atoms with Gasteiger partial charge in [-0.25, -0.2) is 0 Å². The number of carbonyl (C=O) groups is 1. The van der Waals surface area contributed by atoms with Crippen LogP contribution in [0.3, 0.4) is 0 Å². The maximum absolute atomic E-state index is 11.4. The molecule has 1 amide bonds. The van der Waals surface area contributed by atoms with Crippen LogP contribution in [0.15, 0.2) is 18.2 Å². The molecular weight excluding hydrogens is 242 g/mol. The van der Waals surface area contributed by atoms with Crippen LogP contribution in [0.2, 0.25) is 0 Å². The smallest absolute Gasteiger partial charge is 0.223 e. The molecule has 0 atom stereocenters. The quantitative estimate of drug-likeness (QED) is 0.516. The summed E-state index contributed by atoms with van der Waals surface area (Å²) in [6.07, 6.45) is 2.07. The molecule has 0 heterocycles. The zero-order chi connectivity index (χ0) is 13.7. The van der Waals surface area contributed by atoms with Gasteiger partial charge in [-0.2, -0.15) is 0 Å². The average molecular weight is 263 g/mol. The maximum Gasteiger partial charge on any atom is 0.223 e. The Bertz CT molecular complexity index is 444. The van der Waals surface area contributed by atoms with Gasteiger partial charge in [0.15, 0.2) is 0 Å². The standard InChI is InChI=1S/C14H21N3O2/c1-2-19-13-8-11(15)7-12(9-13)16-5-6-17-14(18)10-3-4-10/h7-10,16H,2-6,15H2,1H3,(H,17,18). The van der Waals surface area contributed by atoms with E-state index < -0.39 is 0 Å². The van der Waals surface area contributed by atoms with Crippen molar-refractivity contribution < 1.29 is 9.53 Å². The number of nitrogens with two attached hydrogens (primary N) is 1. The molecule has 5 heteroatoms. The number of hydrogen-bond donors (Lipinski definition) is 3. The van der Waals surface area contributed by atoms with E-state index in [1.807, 2.05) is 19.1 Å². The van der Waals surface area contributed by atoms with Gasteiger partial charge in [0.25, 0.3) is 0 Å². The van der Waals surface area contributed by atoms with Crippen molar-refractivity contribution >= 4 is 17.3 Å². The Morgan fingerprint density at radius 1 is 1.37 bits per heavy atom. The van der Waals surface area contributed by atoms with Crippen molar-refractivity contribution in [1.82, 2.24) is 5.32 Å². The number of benzene rings is 1. The third-order valence-electron chi connectivity index (χ3n) is 2.94. The van der Waals surface area contributed by atoms with Crippen LogP contribution in [0, 0.1) is 5.92 Å². The Morgan fingerprint density at radius 2 is 2.16 bits per heavy atom. The van der Waals surface area contributed by atoms with Crippen molar-refractivity contribution in [1.29, 1.82) is 0 Å². The first-order valence-corrected chi connectivity index (χ1v) is 6.74. The largest absolute Gasteiger partial charge is 0.494 e. The van der Waals surface area contributed by atoms with Crippen molar-refractivity contribution in [2.24, 2.45) is 5.92 Å². The molecule has 1 aliphatic carbocycles. The van der Waals surface area contributed by atoms with Gasteiger partial charge in [0, 0.05) is 42.5 Å². The first kappa shape index (κ1) is 13.5. The van der Waals surface area contributed by atoms with Gasteiger partial charge in [0.05, 0.1) is 6.61 Å². The number of rotatable bonds is 7. The molecule has 19 heavy (non-hydrogen) atoms. The van der Waals surface area contributed by atoms with E-state index >= 15 is 0 Å².